The molecule has 1 aliphatic rings. The highest BCUT2D eigenvalue weighted by Gasteiger charge is 2.11. The van der Waals surface area contributed by atoms with Crippen molar-refractivity contribution in [1.29, 1.82) is 0 Å². The summed E-state index contributed by atoms with van der Waals surface area (Å²) in [7, 11) is 0. The van der Waals surface area contributed by atoms with Gasteiger partial charge in [0.2, 0.25) is 0 Å². The first kappa shape index (κ1) is 13.6. The molecule has 0 aromatic heterocycles. The van der Waals surface area contributed by atoms with Gasteiger partial charge in [-0.2, -0.15) is 0 Å². The average Bonchev–Trinajstić information content (AvgIpc) is 2.53. The summed E-state index contributed by atoms with van der Waals surface area (Å²) in [6.45, 7) is 2.21. The first-order valence-electron chi connectivity index (χ1n) is 7.52. The zero-order valence-corrected chi connectivity index (χ0v) is 12.4. The molecule has 0 saturated carbocycles. The molecule has 3 rings (SSSR count). The fraction of sp³-hybridized carbons (Fsp3) is 0.143. The van der Waals surface area contributed by atoms with Gasteiger partial charge in [0.05, 0.1) is 0 Å². The minimum absolute atomic E-state index is 1.00. The molecule has 0 bridgehead atoms. The van der Waals surface area contributed by atoms with Crippen LogP contribution in [0.15, 0.2) is 84.5 Å². The summed E-state index contributed by atoms with van der Waals surface area (Å²) in [4.78, 5) is 0. The first-order valence-corrected chi connectivity index (χ1v) is 7.52. The van der Waals surface area contributed by atoms with Crippen molar-refractivity contribution in [1.82, 2.24) is 0 Å². The summed E-state index contributed by atoms with van der Waals surface area (Å²) in [5.41, 5.74) is 6.70. The van der Waals surface area contributed by atoms with E-state index in [2.05, 4.69) is 85.8 Å². The average molecular weight is 272 g/mol. The van der Waals surface area contributed by atoms with Crippen LogP contribution < -0.4 is 0 Å². The predicted octanol–water partition coefficient (Wildman–Crippen LogP) is 5.89. The van der Waals surface area contributed by atoms with Crippen molar-refractivity contribution >= 4 is 11.1 Å². The zero-order valence-electron chi connectivity index (χ0n) is 12.4. The monoisotopic (exact) mass is 272 g/mol. The van der Waals surface area contributed by atoms with Crippen LogP contribution in [0.1, 0.15) is 30.9 Å². The van der Waals surface area contributed by atoms with Gasteiger partial charge in [0.25, 0.3) is 0 Å². The van der Waals surface area contributed by atoms with Gasteiger partial charge in [0, 0.05) is 0 Å². The Hall–Kier alpha value is -2.34. The lowest BCUT2D eigenvalue weighted by molar-refractivity contribution is 1.16. The second kappa shape index (κ2) is 6.41. The van der Waals surface area contributed by atoms with E-state index in [4.69, 9.17) is 0 Å². The third-order valence-electron chi connectivity index (χ3n) is 3.88. The van der Waals surface area contributed by atoms with Gasteiger partial charge in [-0.15, -0.1) is 0 Å². The smallest absolute Gasteiger partial charge is 0.0132 e. The van der Waals surface area contributed by atoms with E-state index in [9.17, 15) is 0 Å². The Labute approximate surface area is 127 Å². The van der Waals surface area contributed by atoms with E-state index in [1.54, 1.807) is 0 Å². The molecule has 0 fully saturated rings. The molecule has 21 heavy (non-hydrogen) atoms. The fourth-order valence-electron chi connectivity index (χ4n) is 2.73. The van der Waals surface area contributed by atoms with Crippen LogP contribution in [0.2, 0.25) is 0 Å². The number of benzene rings is 2. The lowest BCUT2D eigenvalue weighted by Gasteiger charge is -2.16. The molecule has 0 nitrogen and oxygen atoms in total. The highest BCUT2D eigenvalue weighted by Crippen LogP contribution is 2.33. The van der Waals surface area contributed by atoms with Crippen LogP contribution in [-0.4, -0.2) is 0 Å². The molecule has 104 valence electrons. The number of allylic oxidation sites excluding steroid dienone is 6. The Bertz CT molecular complexity index is 685. The zero-order chi connectivity index (χ0) is 14.5. The molecule has 0 unspecified atom stereocenters. The summed E-state index contributed by atoms with van der Waals surface area (Å²) in [5, 5.41) is 0. The lowest BCUT2D eigenvalue weighted by atomic mass is 9.89. The molecule has 2 aromatic carbocycles. The molecular weight excluding hydrogens is 252 g/mol. The van der Waals surface area contributed by atoms with Crippen LogP contribution >= 0.6 is 0 Å². The molecule has 0 heteroatoms. The van der Waals surface area contributed by atoms with E-state index in [0.29, 0.717) is 0 Å². The number of hydrogen-bond acceptors (Lipinski definition) is 0. The van der Waals surface area contributed by atoms with Crippen molar-refractivity contribution < 1.29 is 0 Å². The van der Waals surface area contributed by atoms with Crippen LogP contribution in [0.5, 0.6) is 0 Å². The van der Waals surface area contributed by atoms with E-state index >= 15 is 0 Å². The highest BCUT2D eigenvalue weighted by molar-refractivity contribution is 6.05. The molecule has 0 N–H and O–H groups in total. The van der Waals surface area contributed by atoms with E-state index in [-0.39, 0.29) is 0 Å². The van der Waals surface area contributed by atoms with Crippen molar-refractivity contribution in [2.24, 2.45) is 0 Å². The molecule has 0 radical (unpaired) electrons. The summed E-state index contributed by atoms with van der Waals surface area (Å²) < 4.78 is 0. The third kappa shape index (κ3) is 3.22. The second-order valence-corrected chi connectivity index (χ2v) is 5.46. The third-order valence-corrected chi connectivity index (χ3v) is 3.88. The van der Waals surface area contributed by atoms with E-state index < -0.39 is 0 Å². The summed E-state index contributed by atoms with van der Waals surface area (Å²) >= 11 is 0. The van der Waals surface area contributed by atoms with Crippen molar-refractivity contribution in [2.75, 3.05) is 0 Å². The molecule has 0 aliphatic heterocycles. The Morgan fingerprint density at radius 3 is 1.71 bits per heavy atom. The van der Waals surface area contributed by atoms with Crippen molar-refractivity contribution in [3.05, 3.63) is 95.6 Å². The second-order valence-electron chi connectivity index (χ2n) is 5.46. The first-order chi connectivity index (χ1) is 10.3. The van der Waals surface area contributed by atoms with Crippen LogP contribution in [0, 0.1) is 0 Å². The van der Waals surface area contributed by atoms with Gasteiger partial charge in [-0.1, -0.05) is 84.5 Å². The Kier molecular flexibility index (Phi) is 4.16. The van der Waals surface area contributed by atoms with Gasteiger partial charge < -0.3 is 0 Å². The van der Waals surface area contributed by atoms with E-state index in [1.807, 2.05) is 0 Å². The molecule has 1 aliphatic carbocycles. The van der Waals surface area contributed by atoms with Gasteiger partial charge in [-0.25, -0.2) is 0 Å². The van der Waals surface area contributed by atoms with Gasteiger partial charge in [-0.3, -0.25) is 0 Å². The molecule has 0 spiro atoms. The summed E-state index contributed by atoms with van der Waals surface area (Å²) in [6, 6.07) is 21.4. The normalized spacial score (nSPS) is 22.8. The van der Waals surface area contributed by atoms with Crippen molar-refractivity contribution in [2.45, 2.75) is 19.8 Å². The van der Waals surface area contributed by atoms with Gasteiger partial charge in [0.1, 0.15) is 0 Å². The standard InChI is InChI=1S/C21H20/c1-17-9-8-14-20(18-10-4-2-5-11-18)21(16-15-17)19-12-6-3-7-13-19/h2-7,9-14,16H,8,15H2,1H3/b17-9-,20-14-,21-16-. The van der Waals surface area contributed by atoms with Gasteiger partial charge in [-0.05, 0) is 42.0 Å². The topological polar surface area (TPSA) is 0 Å². The maximum absolute atomic E-state index is 2.36. The van der Waals surface area contributed by atoms with Crippen LogP contribution in [0.4, 0.5) is 0 Å². The minimum atomic E-state index is 1.00. The quantitative estimate of drug-likeness (QED) is 0.598. The Morgan fingerprint density at radius 1 is 0.619 bits per heavy atom. The minimum Gasteiger partial charge on any atom is -0.0815 e. The Morgan fingerprint density at radius 2 is 1.14 bits per heavy atom. The lowest BCUT2D eigenvalue weighted by Crippen LogP contribution is -1.93. The largest absolute Gasteiger partial charge is 0.0815 e. The van der Waals surface area contributed by atoms with Gasteiger partial charge >= 0.3 is 0 Å². The van der Waals surface area contributed by atoms with E-state index in [0.717, 1.165) is 12.8 Å². The van der Waals surface area contributed by atoms with Gasteiger partial charge in [0.15, 0.2) is 0 Å². The summed E-state index contributed by atoms with van der Waals surface area (Å²) in [5.74, 6) is 0. The van der Waals surface area contributed by atoms with Crippen LogP contribution in [0.3, 0.4) is 0 Å². The molecule has 2 aromatic rings. The molecule has 0 heterocycles. The van der Waals surface area contributed by atoms with Crippen LogP contribution in [-0.2, 0) is 0 Å². The Balaban J connectivity index is 2.11. The SMILES string of the molecule is C/C1=C/C/C=C(c2ccccc2)\C(c2ccccc2)=C/C1. The fourth-order valence-corrected chi connectivity index (χ4v) is 2.73. The number of hydrogen-bond donors (Lipinski definition) is 0. The van der Waals surface area contributed by atoms with Crippen molar-refractivity contribution in [3.8, 4) is 0 Å². The molecule has 0 saturated heterocycles. The highest BCUT2D eigenvalue weighted by atomic mass is 14.1. The van der Waals surface area contributed by atoms with E-state index in [1.165, 1.54) is 27.8 Å². The van der Waals surface area contributed by atoms with Crippen molar-refractivity contribution in [3.63, 3.8) is 0 Å². The maximum atomic E-state index is 2.36. The maximum Gasteiger partial charge on any atom is -0.0132 e. The summed E-state index contributed by atoms with van der Waals surface area (Å²) in [6.07, 6.45) is 9.05. The number of rotatable bonds is 2. The molecular formula is C21H20. The molecule has 0 atom stereocenters. The predicted molar refractivity (Wildman–Crippen MR) is 91.8 cm³/mol. The van der Waals surface area contributed by atoms with Crippen LogP contribution in [0.25, 0.3) is 11.1 Å². The molecule has 0 amide bonds.